The van der Waals surface area contributed by atoms with Gasteiger partial charge in [0, 0.05) is 6.54 Å². The van der Waals surface area contributed by atoms with Crippen molar-refractivity contribution in [3.8, 4) is 5.75 Å². The molecule has 0 unspecified atom stereocenters. The molecule has 2 aromatic rings. The second-order valence-corrected chi connectivity index (χ2v) is 7.08. The van der Waals surface area contributed by atoms with E-state index in [-0.39, 0.29) is 5.91 Å². The Bertz CT molecular complexity index is 968. The minimum absolute atomic E-state index is 0.110. The number of para-hydroxylation sites is 1. The molecule has 2 aromatic carbocycles. The number of aliphatic imine (C=N–C) groups is 1. The summed E-state index contributed by atoms with van der Waals surface area (Å²) in [5.41, 5.74) is 2.60. The van der Waals surface area contributed by atoms with Crippen LogP contribution in [-0.4, -0.2) is 35.1 Å². The summed E-state index contributed by atoms with van der Waals surface area (Å²) in [7, 11) is 0. The van der Waals surface area contributed by atoms with E-state index in [0.29, 0.717) is 22.4 Å². The maximum absolute atomic E-state index is 12.8. The number of rotatable bonds is 6. The van der Waals surface area contributed by atoms with E-state index in [1.807, 2.05) is 44.2 Å². The molecule has 1 heterocycles. The summed E-state index contributed by atoms with van der Waals surface area (Å²) in [6, 6.07) is 14.6. The van der Waals surface area contributed by atoms with Crippen LogP contribution in [0.25, 0.3) is 6.08 Å². The molecule has 1 aliphatic rings. The van der Waals surface area contributed by atoms with Crippen molar-refractivity contribution >= 4 is 40.6 Å². The first kappa shape index (κ1) is 19.7. The second-order valence-electron chi connectivity index (χ2n) is 6.07. The molecule has 0 saturated carbocycles. The van der Waals surface area contributed by atoms with Crippen LogP contribution in [-0.2, 0) is 9.59 Å². The molecule has 0 atom stereocenters. The van der Waals surface area contributed by atoms with Gasteiger partial charge in [-0.15, -0.1) is 0 Å². The first-order valence-electron chi connectivity index (χ1n) is 8.76. The third-order valence-corrected chi connectivity index (χ3v) is 5.06. The summed E-state index contributed by atoms with van der Waals surface area (Å²) in [5, 5.41) is 11.2. The van der Waals surface area contributed by atoms with E-state index in [0.717, 1.165) is 16.8 Å². The van der Waals surface area contributed by atoms with Crippen molar-refractivity contribution in [1.29, 1.82) is 0 Å². The highest BCUT2D eigenvalue weighted by Crippen LogP contribution is 2.34. The molecule has 0 N–H and O–H groups in total. The summed E-state index contributed by atoms with van der Waals surface area (Å²) in [4.78, 5) is 30.2. The Labute approximate surface area is 167 Å². The molecule has 144 valence electrons. The van der Waals surface area contributed by atoms with Crippen LogP contribution in [0.2, 0.25) is 0 Å². The van der Waals surface area contributed by atoms with Gasteiger partial charge in [0.1, 0.15) is 12.4 Å². The number of carboxylic acid groups (broad SMARTS) is 1. The number of benzene rings is 2. The van der Waals surface area contributed by atoms with Gasteiger partial charge in [-0.1, -0.05) is 30.3 Å². The number of carbonyl (C=O) groups excluding carboxylic acids is 2. The number of hydrogen-bond donors (Lipinski definition) is 0. The lowest BCUT2D eigenvalue weighted by Crippen LogP contribution is -2.28. The summed E-state index contributed by atoms with van der Waals surface area (Å²) in [5.74, 6) is -1.00. The molecule has 1 amide bonds. The molecule has 0 aliphatic carbocycles. The van der Waals surface area contributed by atoms with E-state index in [9.17, 15) is 14.7 Å². The molecule has 3 rings (SSSR count). The number of aryl methyl sites for hydroxylation is 1. The number of hydrogen-bond acceptors (Lipinski definition) is 6. The lowest BCUT2D eigenvalue weighted by Gasteiger charge is -2.12. The predicted molar refractivity (Wildman–Crippen MR) is 108 cm³/mol. The summed E-state index contributed by atoms with van der Waals surface area (Å²) >= 11 is 1.32. The van der Waals surface area contributed by atoms with Gasteiger partial charge in [-0.05, 0) is 61.0 Å². The minimum Gasteiger partial charge on any atom is -0.546 e. The van der Waals surface area contributed by atoms with Gasteiger partial charge in [0.05, 0.1) is 16.6 Å². The third-order valence-electron chi connectivity index (χ3n) is 4.05. The maximum Gasteiger partial charge on any atom is 0.266 e. The fourth-order valence-electron chi connectivity index (χ4n) is 2.65. The quantitative estimate of drug-likeness (QED) is 0.703. The number of thioether (sulfide) groups is 1. The van der Waals surface area contributed by atoms with Crippen molar-refractivity contribution in [3.05, 3.63) is 64.6 Å². The second kappa shape index (κ2) is 8.75. The molecule has 28 heavy (non-hydrogen) atoms. The molecule has 1 fully saturated rings. The SMILES string of the molecule is CCN1C(=O)/C(=C\c2cccc(OCC(=O)[O-])c2)SC1=Nc1ccccc1C. The maximum atomic E-state index is 12.8. The number of nitrogens with zero attached hydrogens (tertiary/aromatic N) is 2. The van der Waals surface area contributed by atoms with Crippen molar-refractivity contribution in [2.45, 2.75) is 13.8 Å². The standard InChI is InChI=1S/C21H20N2O4S/c1-3-23-20(26)18(28-21(23)22-17-10-5-4-7-14(17)2)12-15-8-6-9-16(11-15)27-13-19(24)25/h4-12H,3,13H2,1-2H3,(H,24,25)/p-1/b18-12+,22-21?. The van der Waals surface area contributed by atoms with Crippen molar-refractivity contribution in [1.82, 2.24) is 4.90 Å². The van der Waals surface area contributed by atoms with Gasteiger partial charge in [0.15, 0.2) is 5.17 Å². The lowest BCUT2D eigenvalue weighted by atomic mass is 10.2. The van der Waals surface area contributed by atoms with Gasteiger partial charge in [-0.25, -0.2) is 4.99 Å². The smallest absolute Gasteiger partial charge is 0.266 e. The first-order chi connectivity index (χ1) is 13.5. The predicted octanol–water partition coefficient (Wildman–Crippen LogP) is 2.75. The fraction of sp³-hybridized carbons (Fsp3) is 0.190. The number of amidine groups is 1. The molecule has 6 nitrogen and oxygen atoms in total. The fourth-order valence-corrected chi connectivity index (χ4v) is 3.71. The molecule has 0 bridgehead atoms. The monoisotopic (exact) mass is 395 g/mol. The Balaban J connectivity index is 1.87. The van der Waals surface area contributed by atoms with Crippen LogP contribution < -0.4 is 9.84 Å². The Kier molecular flexibility index (Phi) is 6.16. The van der Waals surface area contributed by atoms with E-state index in [1.165, 1.54) is 11.8 Å². The highest BCUT2D eigenvalue weighted by Gasteiger charge is 2.32. The first-order valence-corrected chi connectivity index (χ1v) is 9.58. The Morgan fingerprint density at radius 3 is 2.75 bits per heavy atom. The van der Waals surface area contributed by atoms with Crippen LogP contribution in [0.5, 0.6) is 5.75 Å². The van der Waals surface area contributed by atoms with Gasteiger partial charge in [-0.2, -0.15) is 0 Å². The number of carboxylic acids is 1. The molecular weight excluding hydrogens is 376 g/mol. The normalized spacial score (nSPS) is 16.8. The van der Waals surface area contributed by atoms with Crippen LogP contribution in [0.1, 0.15) is 18.1 Å². The van der Waals surface area contributed by atoms with Gasteiger partial charge >= 0.3 is 0 Å². The number of aliphatic carboxylic acids is 1. The summed E-state index contributed by atoms with van der Waals surface area (Å²) in [6.45, 7) is 3.88. The van der Waals surface area contributed by atoms with Gasteiger partial charge in [-0.3, -0.25) is 9.69 Å². The van der Waals surface area contributed by atoms with Crippen molar-refractivity contribution < 1.29 is 19.4 Å². The molecule has 1 saturated heterocycles. The van der Waals surface area contributed by atoms with Gasteiger partial charge < -0.3 is 14.6 Å². The van der Waals surface area contributed by atoms with Gasteiger partial charge in [0.2, 0.25) is 0 Å². The Hall–Kier alpha value is -3.06. The van der Waals surface area contributed by atoms with Crippen LogP contribution in [0.15, 0.2) is 58.4 Å². The van der Waals surface area contributed by atoms with E-state index in [2.05, 4.69) is 4.99 Å². The third kappa shape index (κ3) is 4.61. The Morgan fingerprint density at radius 2 is 2.04 bits per heavy atom. The Morgan fingerprint density at radius 1 is 1.25 bits per heavy atom. The molecule has 7 heteroatoms. The number of likely N-dealkylation sites (N-methyl/N-ethyl adjacent to an activating group) is 1. The summed E-state index contributed by atoms with van der Waals surface area (Å²) < 4.78 is 5.14. The largest absolute Gasteiger partial charge is 0.546 e. The van der Waals surface area contributed by atoms with E-state index < -0.39 is 12.6 Å². The highest BCUT2D eigenvalue weighted by atomic mass is 32.2. The molecular formula is C21H19N2O4S-. The topological polar surface area (TPSA) is 82.0 Å². The molecule has 0 radical (unpaired) electrons. The average Bonchev–Trinajstić information content (AvgIpc) is 2.96. The zero-order valence-corrected chi connectivity index (χ0v) is 16.4. The minimum atomic E-state index is -1.29. The van der Waals surface area contributed by atoms with Crippen LogP contribution in [0.4, 0.5) is 5.69 Å². The molecule has 0 spiro atoms. The number of amides is 1. The van der Waals surface area contributed by atoms with E-state index >= 15 is 0 Å². The summed E-state index contributed by atoms with van der Waals surface area (Å²) in [6.07, 6.45) is 1.75. The van der Waals surface area contributed by atoms with Crippen molar-refractivity contribution in [3.63, 3.8) is 0 Å². The van der Waals surface area contributed by atoms with Crippen LogP contribution in [0, 0.1) is 6.92 Å². The molecule has 1 aliphatic heterocycles. The zero-order chi connectivity index (χ0) is 20.1. The van der Waals surface area contributed by atoms with E-state index in [1.54, 1.807) is 29.2 Å². The van der Waals surface area contributed by atoms with Crippen molar-refractivity contribution in [2.24, 2.45) is 4.99 Å². The zero-order valence-electron chi connectivity index (χ0n) is 15.5. The number of carbonyl (C=O) groups is 2. The number of ether oxygens (including phenoxy) is 1. The lowest BCUT2D eigenvalue weighted by molar-refractivity contribution is -0.307. The average molecular weight is 395 g/mol. The highest BCUT2D eigenvalue weighted by molar-refractivity contribution is 8.18. The molecule has 0 aromatic heterocycles. The van der Waals surface area contributed by atoms with Crippen LogP contribution >= 0.6 is 11.8 Å². The van der Waals surface area contributed by atoms with Crippen LogP contribution in [0.3, 0.4) is 0 Å². The van der Waals surface area contributed by atoms with Crippen molar-refractivity contribution in [2.75, 3.05) is 13.2 Å². The van der Waals surface area contributed by atoms with E-state index in [4.69, 9.17) is 4.74 Å². The van der Waals surface area contributed by atoms with Gasteiger partial charge in [0.25, 0.3) is 5.91 Å².